The molecule has 0 fully saturated rings. The molecule has 0 saturated heterocycles. The highest BCUT2D eigenvalue weighted by Crippen LogP contribution is 1.93. The number of methoxy groups -OCH3 is 1. The minimum absolute atomic E-state index is 0.147. The molecule has 0 bridgehead atoms. The summed E-state index contributed by atoms with van der Waals surface area (Å²) < 4.78 is 4.53. The standard InChI is InChI=1S/C9H17NO2/c1-7(2)6-10-8(3)5-9(11)12-4/h8,10H,1,5-6H2,2-4H3. The van der Waals surface area contributed by atoms with Crippen LogP contribution in [0.2, 0.25) is 0 Å². The van der Waals surface area contributed by atoms with Crippen molar-refractivity contribution in [3.8, 4) is 0 Å². The first kappa shape index (κ1) is 11.2. The van der Waals surface area contributed by atoms with Crippen molar-refractivity contribution in [3.63, 3.8) is 0 Å². The largest absolute Gasteiger partial charge is 0.469 e. The van der Waals surface area contributed by atoms with Crippen molar-refractivity contribution < 1.29 is 9.53 Å². The summed E-state index contributed by atoms with van der Waals surface area (Å²) in [4.78, 5) is 10.8. The van der Waals surface area contributed by atoms with Crippen molar-refractivity contribution in [1.29, 1.82) is 0 Å². The topological polar surface area (TPSA) is 38.3 Å². The van der Waals surface area contributed by atoms with E-state index in [0.717, 1.165) is 12.1 Å². The van der Waals surface area contributed by atoms with E-state index >= 15 is 0 Å². The maximum Gasteiger partial charge on any atom is 0.307 e. The molecule has 0 aromatic heterocycles. The number of carbonyl (C=O) groups is 1. The third kappa shape index (κ3) is 5.92. The van der Waals surface area contributed by atoms with Crippen LogP contribution in [0.15, 0.2) is 12.2 Å². The predicted molar refractivity (Wildman–Crippen MR) is 48.9 cm³/mol. The summed E-state index contributed by atoms with van der Waals surface area (Å²) in [6.07, 6.45) is 0.407. The van der Waals surface area contributed by atoms with E-state index in [1.165, 1.54) is 7.11 Å². The summed E-state index contributed by atoms with van der Waals surface area (Å²) in [5.74, 6) is -0.184. The summed E-state index contributed by atoms with van der Waals surface area (Å²) in [7, 11) is 1.40. The summed E-state index contributed by atoms with van der Waals surface area (Å²) in [6.45, 7) is 8.38. The second kappa shape index (κ2) is 5.77. The summed E-state index contributed by atoms with van der Waals surface area (Å²) in [5.41, 5.74) is 1.06. The van der Waals surface area contributed by atoms with Gasteiger partial charge in [-0.15, -0.1) is 0 Å². The Hall–Kier alpha value is -0.830. The van der Waals surface area contributed by atoms with Crippen LogP contribution >= 0.6 is 0 Å². The molecule has 0 radical (unpaired) electrons. The van der Waals surface area contributed by atoms with Gasteiger partial charge in [-0.3, -0.25) is 4.79 Å². The van der Waals surface area contributed by atoms with Crippen LogP contribution in [0.3, 0.4) is 0 Å². The molecular formula is C9H17NO2. The smallest absolute Gasteiger partial charge is 0.307 e. The first-order valence-electron chi connectivity index (χ1n) is 4.00. The van der Waals surface area contributed by atoms with Gasteiger partial charge in [-0.25, -0.2) is 0 Å². The normalized spacial score (nSPS) is 12.2. The Morgan fingerprint density at radius 3 is 2.67 bits per heavy atom. The molecule has 0 saturated carbocycles. The van der Waals surface area contributed by atoms with Crippen LogP contribution in [-0.2, 0) is 9.53 Å². The van der Waals surface area contributed by atoms with Gasteiger partial charge in [0.05, 0.1) is 13.5 Å². The minimum atomic E-state index is -0.184. The summed E-state index contributed by atoms with van der Waals surface area (Å²) >= 11 is 0. The second-order valence-electron chi connectivity index (χ2n) is 3.02. The van der Waals surface area contributed by atoms with Gasteiger partial charge in [0.2, 0.25) is 0 Å². The van der Waals surface area contributed by atoms with Crippen molar-refractivity contribution >= 4 is 5.97 Å². The molecule has 70 valence electrons. The van der Waals surface area contributed by atoms with E-state index in [9.17, 15) is 4.79 Å². The fraction of sp³-hybridized carbons (Fsp3) is 0.667. The Balaban J connectivity index is 3.52. The fourth-order valence-corrected chi connectivity index (χ4v) is 0.754. The Labute approximate surface area is 73.8 Å². The number of rotatable bonds is 5. The number of ether oxygens (including phenoxy) is 1. The first-order valence-corrected chi connectivity index (χ1v) is 4.00. The molecule has 0 amide bonds. The molecule has 1 unspecified atom stereocenters. The molecule has 0 aliphatic rings. The summed E-state index contributed by atoms with van der Waals surface area (Å²) in [6, 6.07) is 0.147. The molecule has 0 aliphatic carbocycles. The monoisotopic (exact) mass is 171 g/mol. The van der Waals surface area contributed by atoms with E-state index in [0.29, 0.717) is 6.42 Å². The van der Waals surface area contributed by atoms with Crippen LogP contribution in [0.1, 0.15) is 20.3 Å². The van der Waals surface area contributed by atoms with E-state index in [1.807, 2.05) is 13.8 Å². The van der Waals surface area contributed by atoms with Crippen LogP contribution in [-0.4, -0.2) is 25.7 Å². The van der Waals surface area contributed by atoms with Crippen molar-refractivity contribution in [3.05, 3.63) is 12.2 Å². The zero-order valence-corrected chi connectivity index (χ0v) is 8.02. The maximum absolute atomic E-state index is 10.8. The van der Waals surface area contributed by atoms with Gasteiger partial charge in [-0.05, 0) is 13.8 Å². The van der Waals surface area contributed by atoms with Crippen LogP contribution in [0.4, 0.5) is 0 Å². The average molecular weight is 171 g/mol. The fourth-order valence-electron chi connectivity index (χ4n) is 0.754. The van der Waals surface area contributed by atoms with Gasteiger partial charge in [0.1, 0.15) is 0 Å². The lowest BCUT2D eigenvalue weighted by Gasteiger charge is -2.11. The van der Waals surface area contributed by atoms with Gasteiger partial charge in [-0.2, -0.15) is 0 Å². The zero-order valence-electron chi connectivity index (χ0n) is 8.02. The molecule has 0 rings (SSSR count). The maximum atomic E-state index is 10.8. The molecular weight excluding hydrogens is 154 g/mol. The Kier molecular flexibility index (Phi) is 5.37. The highest BCUT2D eigenvalue weighted by Gasteiger charge is 2.07. The molecule has 0 aliphatic heterocycles. The molecule has 0 aromatic rings. The van der Waals surface area contributed by atoms with E-state index in [-0.39, 0.29) is 12.0 Å². The summed E-state index contributed by atoms with van der Waals surface area (Å²) in [5, 5.41) is 3.15. The quantitative estimate of drug-likeness (QED) is 0.497. The second-order valence-corrected chi connectivity index (χ2v) is 3.02. The van der Waals surface area contributed by atoms with Gasteiger partial charge >= 0.3 is 5.97 Å². The third-order valence-electron chi connectivity index (χ3n) is 1.45. The van der Waals surface area contributed by atoms with Crippen LogP contribution in [0.25, 0.3) is 0 Å². The highest BCUT2D eigenvalue weighted by molar-refractivity contribution is 5.69. The minimum Gasteiger partial charge on any atom is -0.469 e. The van der Waals surface area contributed by atoms with Crippen molar-refractivity contribution in [2.24, 2.45) is 0 Å². The molecule has 1 atom stereocenters. The van der Waals surface area contributed by atoms with E-state index < -0.39 is 0 Å². The van der Waals surface area contributed by atoms with Crippen LogP contribution in [0, 0.1) is 0 Å². The molecule has 12 heavy (non-hydrogen) atoms. The van der Waals surface area contributed by atoms with Crippen molar-refractivity contribution in [2.75, 3.05) is 13.7 Å². The van der Waals surface area contributed by atoms with Crippen LogP contribution < -0.4 is 5.32 Å². The van der Waals surface area contributed by atoms with Crippen molar-refractivity contribution in [2.45, 2.75) is 26.3 Å². The molecule has 0 heterocycles. The average Bonchev–Trinajstić information content (AvgIpc) is 2.00. The zero-order chi connectivity index (χ0) is 9.56. The Morgan fingerprint density at radius 1 is 1.67 bits per heavy atom. The van der Waals surface area contributed by atoms with Gasteiger partial charge < -0.3 is 10.1 Å². The first-order chi connectivity index (χ1) is 5.56. The number of carbonyl (C=O) groups excluding carboxylic acids is 1. The third-order valence-corrected chi connectivity index (χ3v) is 1.45. The lowest BCUT2D eigenvalue weighted by molar-refractivity contribution is -0.141. The molecule has 0 spiro atoms. The van der Waals surface area contributed by atoms with Gasteiger partial charge in [0, 0.05) is 12.6 Å². The molecule has 0 aromatic carbocycles. The number of nitrogens with one attached hydrogen (secondary N) is 1. The lowest BCUT2D eigenvalue weighted by atomic mass is 10.2. The number of hydrogen-bond donors (Lipinski definition) is 1. The lowest BCUT2D eigenvalue weighted by Crippen LogP contribution is -2.30. The number of esters is 1. The highest BCUT2D eigenvalue weighted by atomic mass is 16.5. The molecule has 3 nitrogen and oxygen atoms in total. The van der Waals surface area contributed by atoms with Crippen molar-refractivity contribution in [1.82, 2.24) is 5.32 Å². The van der Waals surface area contributed by atoms with Gasteiger partial charge in [-0.1, -0.05) is 12.2 Å². The van der Waals surface area contributed by atoms with E-state index in [2.05, 4.69) is 16.6 Å². The molecule has 3 heteroatoms. The van der Waals surface area contributed by atoms with Gasteiger partial charge in [0.15, 0.2) is 0 Å². The number of hydrogen-bond acceptors (Lipinski definition) is 3. The van der Waals surface area contributed by atoms with E-state index in [1.54, 1.807) is 0 Å². The van der Waals surface area contributed by atoms with Crippen LogP contribution in [0.5, 0.6) is 0 Å². The van der Waals surface area contributed by atoms with Gasteiger partial charge in [0.25, 0.3) is 0 Å². The SMILES string of the molecule is C=C(C)CNC(C)CC(=O)OC. The van der Waals surface area contributed by atoms with E-state index in [4.69, 9.17) is 0 Å². The Morgan fingerprint density at radius 2 is 2.25 bits per heavy atom. The molecule has 1 N–H and O–H groups in total. The Bertz CT molecular complexity index is 166. The predicted octanol–water partition coefficient (Wildman–Crippen LogP) is 1.10.